The molecule has 0 spiro atoms. The van der Waals surface area contributed by atoms with Crippen LogP contribution in [0.3, 0.4) is 0 Å². The SMILES string of the molecule is CC/C=C/C(=O)NCCC. The van der Waals surface area contributed by atoms with Gasteiger partial charge in [0.25, 0.3) is 0 Å². The van der Waals surface area contributed by atoms with Crippen molar-refractivity contribution in [3.05, 3.63) is 12.2 Å². The standard InChI is InChI=1S/C8H15NO/c1-3-5-6-8(10)9-7-4-2/h5-6H,3-4,7H2,1-2H3,(H,9,10)/b6-5+. The molecule has 0 fully saturated rings. The van der Waals surface area contributed by atoms with Gasteiger partial charge in [-0.2, -0.15) is 0 Å². The first-order chi connectivity index (χ1) is 4.81. The molecule has 0 aliphatic rings. The monoisotopic (exact) mass is 141 g/mol. The van der Waals surface area contributed by atoms with E-state index >= 15 is 0 Å². The van der Waals surface area contributed by atoms with Crippen molar-refractivity contribution >= 4 is 5.91 Å². The number of rotatable bonds is 4. The van der Waals surface area contributed by atoms with E-state index in [-0.39, 0.29) is 5.91 Å². The Morgan fingerprint density at radius 1 is 1.50 bits per heavy atom. The molecule has 0 unspecified atom stereocenters. The van der Waals surface area contributed by atoms with Gasteiger partial charge in [-0.15, -0.1) is 0 Å². The molecule has 2 nitrogen and oxygen atoms in total. The molecule has 10 heavy (non-hydrogen) atoms. The number of hydrogen-bond donors (Lipinski definition) is 1. The van der Waals surface area contributed by atoms with Crippen LogP contribution >= 0.6 is 0 Å². The molecule has 0 saturated carbocycles. The fourth-order valence-electron chi connectivity index (χ4n) is 0.532. The molecule has 2 heteroatoms. The molecule has 0 aromatic rings. The third-order valence-electron chi connectivity index (χ3n) is 1.05. The fourth-order valence-corrected chi connectivity index (χ4v) is 0.532. The molecule has 0 radical (unpaired) electrons. The molecule has 0 rings (SSSR count). The van der Waals surface area contributed by atoms with Gasteiger partial charge in [0.15, 0.2) is 0 Å². The van der Waals surface area contributed by atoms with Crippen molar-refractivity contribution in [2.75, 3.05) is 6.54 Å². The van der Waals surface area contributed by atoms with Crippen LogP contribution in [0.15, 0.2) is 12.2 Å². The summed E-state index contributed by atoms with van der Waals surface area (Å²) in [4.78, 5) is 10.8. The Labute approximate surface area is 62.3 Å². The van der Waals surface area contributed by atoms with E-state index in [1.807, 2.05) is 19.9 Å². The molecular weight excluding hydrogens is 126 g/mol. The lowest BCUT2D eigenvalue weighted by atomic mass is 10.4. The Hall–Kier alpha value is -0.790. The zero-order valence-electron chi connectivity index (χ0n) is 6.68. The number of amides is 1. The first-order valence-corrected chi connectivity index (χ1v) is 3.75. The molecule has 0 aromatic carbocycles. The summed E-state index contributed by atoms with van der Waals surface area (Å²) in [5, 5.41) is 2.74. The van der Waals surface area contributed by atoms with E-state index < -0.39 is 0 Å². The molecule has 0 aromatic heterocycles. The van der Waals surface area contributed by atoms with Crippen LogP contribution in [0, 0.1) is 0 Å². The molecule has 0 saturated heterocycles. The highest BCUT2D eigenvalue weighted by Gasteiger charge is 1.89. The first-order valence-electron chi connectivity index (χ1n) is 3.75. The van der Waals surface area contributed by atoms with Crippen LogP contribution in [0.25, 0.3) is 0 Å². The second-order valence-corrected chi connectivity index (χ2v) is 2.10. The number of nitrogens with one attached hydrogen (secondary N) is 1. The number of carbonyl (C=O) groups excluding carboxylic acids is 1. The zero-order valence-corrected chi connectivity index (χ0v) is 6.68. The fraction of sp³-hybridized carbons (Fsp3) is 0.625. The molecular formula is C8H15NO. The van der Waals surface area contributed by atoms with Gasteiger partial charge in [0.05, 0.1) is 0 Å². The molecule has 58 valence electrons. The zero-order chi connectivity index (χ0) is 7.82. The quantitative estimate of drug-likeness (QED) is 0.590. The molecule has 1 amide bonds. The summed E-state index contributed by atoms with van der Waals surface area (Å²) < 4.78 is 0. The van der Waals surface area contributed by atoms with Crippen LogP contribution in [0.4, 0.5) is 0 Å². The van der Waals surface area contributed by atoms with Gasteiger partial charge in [-0.25, -0.2) is 0 Å². The molecule has 0 atom stereocenters. The predicted octanol–water partition coefficient (Wildman–Crippen LogP) is 1.48. The highest BCUT2D eigenvalue weighted by Crippen LogP contribution is 1.79. The Balaban J connectivity index is 3.34. The van der Waals surface area contributed by atoms with Crippen molar-refractivity contribution in [3.8, 4) is 0 Å². The van der Waals surface area contributed by atoms with Gasteiger partial charge < -0.3 is 5.32 Å². The lowest BCUT2D eigenvalue weighted by Gasteiger charge is -1.95. The second kappa shape index (κ2) is 6.33. The number of allylic oxidation sites excluding steroid dienone is 1. The van der Waals surface area contributed by atoms with E-state index in [0.29, 0.717) is 0 Å². The third-order valence-corrected chi connectivity index (χ3v) is 1.05. The van der Waals surface area contributed by atoms with Crippen molar-refractivity contribution in [2.24, 2.45) is 0 Å². The van der Waals surface area contributed by atoms with Gasteiger partial charge in [-0.05, 0) is 18.9 Å². The summed E-state index contributed by atoms with van der Waals surface area (Å²) >= 11 is 0. The van der Waals surface area contributed by atoms with E-state index in [4.69, 9.17) is 0 Å². The summed E-state index contributed by atoms with van der Waals surface area (Å²) in [6.07, 6.45) is 5.34. The molecule has 1 N–H and O–H groups in total. The maximum Gasteiger partial charge on any atom is 0.243 e. The highest BCUT2D eigenvalue weighted by atomic mass is 16.1. The van der Waals surface area contributed by atoms with Crippen LogP contribution in [-0.2, 0) is 4.79 Å². The Morgan fingerprint density at radius 2 is 2.20 bits per heavy atom. The Kier molecular flexibility index (Phi) is 5.83. The van der Waals surface area contributed by atoms with Gasteiger partial charge in [0.2, 0.25) is 5.91 Å². The largest absolute Gasteiger partial charge is 0.353 e. The van der Waals surface area contributed by atoms with Crippen molar-refractivity contribution in [2.45, 2.75) is 26.7 Å². The minimum Gasteiger partial charge on any atom is -0.353 e. The van der Waals surface area contributed by atoms with E-state index in [1.54, 1.807) is 6.08 Å². The van der Waals surface area contributed by atoms with Gasteiger partial charge in [-0.3, -0.25) is 4.79 Å². The van der Waals surface area contributed by atoms with E-state index in [1.165, 1.54) is 0 Å². The van der Waals surface area contributed by atoms with Gasteiger partial charge in [0.1, 0.15) is 0 Å². The number of carbonyl (C=O) groups is 1. The Morgan fingerprint density at radius 3 is 2.70 bits per heavy atom. The first kappa shape index (κ1) is 9.21. The molecule has 0 heterocycles. The minimum absolute atomic E-state index is 0.0173. The third kappa shape index (κ3) is 5.35. The maximum atomic E-state index is 10.8. The van der Waals surface area contributed by atoms with Crippen molar-refractivity contribution in [1.82, 2.24) is 5.32 Å². The van der Waals surface area contributed by atoms with E-state index in [9.17, 15) is 4.79 Å². The van der Waals surface area contributed by atoms with Crippen molar-refractivity contribution < 1.29 is 4.79 Å². The van der Waals surface area contributed by atoms with Gasteiger partial charge in [-0.1, -0.05) is 19.9 Å². The minimum atomic E-state index is 0.0173. The average Bonchev–Trinajstić information content (AvgIpc) is 1.97. The summed E-state index contributed by atoms with van der Waals surface area (Å²) in [6, 6.07) is 0. The summed E-state index contributed by atoms with van der Waals surface area (Å²) in [7, 11) is 0. The topological polar surface area (TPSA) is 29.1 Å². The van der Waals surface area contributed by atoms with Crippen molar-refractivity contribution in [1.29, 1.82) is 0 Å². The Bertz CT molecular complexity index is 118. The number of hydrogen-bond acceptors (Lipinski definition) is 1. The van der Waals surface area contributed by atoms with Crippen LogP contribution in [-0.4, -0.2) is 12.5 Å². The lowest BCUT2D eigenvalue weighted by molar-refractivity contribution is -0.116. The maximum absolute atomic E-state index is 10.8. The normalized spacial score (nSPS) is 10.2. The van der Waals surface area contributed by atoms with Crippen LogP contribution in [0.5, 0.6) is 0 Å². The van der Waals surface area contributed by atoms with E-state index in [2.05, 4.69) is 5.32 Å². The smallest absolute Gasteiger partial charge is 0.243 e. The van der Waals surface area contributed by atoms with Gasteiger partial charge in [0, 0.05) is 6.54 Å². The van der Waals surface area contributed by atoms with E-state index in [0.717, 1.165) is 19.4 Å². The van der Waals surface area contributed by atoms with Crippen LogP contribution < -0.4 is 5.32 Å². The van der Waals surface area contributed by atoms with Crippen molar-refractivity contribution in [3.63, 3.8) is 0 Å². The summed E-state index contributed by atoms with van der Waals surface area (Å²) in [5.41, 5.74) is 0. The highest BCUT2D eigenvalue weighted by molar-refractivity contribution is 5.87. The average molecular weight is 141 g/mol. The van der Waals surface area contributed by atoms with Crippen LogP contribution in [0.2, 0.25) is 0 Å². The molecule has 0 aliphatic carbocycles. The predicted molar refractivity (Wildman–Crippen MR) is 42.7 cm³/mol. The molecule has 0 aliphatic heterocycles. The lowest BCUT2D eigenvalue weighted by Crippen LogP contribution is -2.21. The second-order valence-electron chi connectivity index (χ2n) is 2.10. The summed E-state index contributed by atoms with van der Waals surface area (Å²) in [6.45, 7) is 4.81. The van der Waals surface area contributed by atoms with Gasteiger partial charge >= 0.3 is 0 Å². The summed E-state index contributed by atoms with van der Waals surface area (Å²) in [5.74, 6) is 0.0173. The molecule has 0 bridgehead atoms. The van der Waals surface area contributed by atoms with Crippen LogP contribution in [0.1, 0.15) is 26.7 Å².